The Balaban J connectivity index is 1.87. The standard InChI is InChI=1S/C21H25FN4O2/c1-25(2)20(27)18(19(23)21(28)26-11-9-17(22)13-26)15-7-5-14(6-8-15)16-4-3-10-24-12-16/h3-8,10,12,17-19H,9,11,13,23H2,1-2H3/p+1/t17-,18-,19-/m0/s1. The highest BCUT2D eigenvalue weighted by atomic mass is 19.1. The van der Waals surface area contributed by atoms with Gasteiger partial charge in [-0.3, -0.25) is 14.6 Å². The van der Waals surface area contributed by atoms with Gasteiger partial charge >= 0.3 is 0 Å². The first-order chi connectivity index (χ1) is 13.4. The number of quaternary nitrogens is 1. The van der Waals surface area contributed by atoms with Crippen molar-refractivity contribution in [2.24, 2.45) is 0 Å². The topological polar surface area (TPSA) is 81.1 Å². The van der Waals surface area contributed by atoms with E-state index >= 15 is 0 Å². The van der Waals surface area contributed by atoms with Crippen LogP contribution in [0.2, 0.25) is 0 Å². The highest BCUT2D eigenvalue weighted by Gasteiger charge is 2.40. The maximum Gasteiger partial charge on any atom is 0.282 e. The van der Waals surface area contributed by atoms with Crippen molar-refractivity contribution in [2.75, 3.05) is 27.2 Å². The maximum atomic E-state index is 13.5. The van der Waals surface area contributed by atoms with Crippen LogP contribution in [-0.4, -0.2) is 66.0 Å². The number of amides is 2. The smallest absolute Gasteiger partial charge is 0.282 e. The number of aromatic nitrogens is 1. The number of alkyl halides is 1. The van der Waals surface area contributed by atoms with Crippen LogP contribution in [0.15, 0.2) is 48.8 Å². The van der Waals surface area contributed by atoms with Crippen LogP contribution in [0.3, 0.4) is 0 Å². The Kier molecular flexibility index (Phi) is 6.04. The van der Waals surface area contributed by atoms with Crippen molar-refractivity contribution in [3.05, 3.63) is 54.4 Å². The van der Waals surface area contributed by atoms with Gasteiger partial charge in [0.1, 0.15) is 12.1 Å². The quantitative estimate of drug-likeness (QED) is 0.837. The van der Waals surface area contributed by atoms with E-state index in [2.05, 4.69) is 10.7 Å². The number of nitrogens with zero attached hydrogens (tertiary/aromatic N) is 3. The van der Waals surface area contributed by atoms with Gasteiger partial charge in [0.15, 0.2) is 6.04 Å². The first kappa shape index (κ1) is 19.9. The zero-order valence-electron chi connectivity index (χ0n) is 16.2. The second kappa shape index (κ2) is 8.48. The van der Waals surface area contributed by atoms with Crippen LogP contribution in [0.4, 0.5) is 4.39 Å². The second-order valence-electron chi connectivity index (χ2n) is 7.35. The van der Waals surface area contributed by atoms with Crippen molar-refractivity contribution in [1.29, 1.82) is 0 Å². The van der Waals surface area contributed by atoms with Gasteiger partial charge in [-0.25, -0.2) is 4.39 Å². The monoisotopic (exact) mass is 385 g/mol. The first-order valence-corrected chi connectivity index (χ1v) is 9.36. The number of pyridine rings is 1. The third kappa shape index (κ3) is 4.20. The number of likely N-dealkylation sites (tertiary alicyclic amines) is 1. The zero-order valence-corrected chi connectivity index (χ0v) is 16.2. The van der Waals surface area contributed by atoms with E-state index in [9.17, 15) is 14.0 Å². The van der Waals surface area contributed by atoms with Gasteiger partial charge in [0, 0.05) is 33.0 Å². The molecule has 0 saturated carbocycles. The fourth-order valence-corrected chi connectivity index (χ4v) is 3.54. The van der Waals surface area contributed by atoms with Crippen LogP contribution in [-0.2, 0) is 9.59 Å². The molecule has 3 atom stereocenters. The van der Waals surface area contributed by atoms with Gasteiger partial charge in [0.25, 0.3) is 5.91 Å². The Hall–Kier alpha value is -2.80. The number of halogens is 1. The summed E-state index contributed by atoms with van der Waals surface area (Å²) in [6.07, 6.45) is 2.82. The Labute approximate surface area is 164 Å². The van der Waals surface area contributed by atoms with Gasteiger partial charge in [-0.05, 0) is 29.2 Å². The molecule has 0 unspecified atom stereocenters. The molecule has 1 saturated heterocycles. The number of hydrogen-bond donors (Lipinski definition) is 1. The van der Waals surface area contributed by atoms with E-state index < -0.39 is 18.1 Å². The summed E-state index contributed by atoms with van der Waals surface area (Å²) in [5.74, 6) is -1.20. The largest absolute Gasteiger partial charge is 0.348 e. The van der Waals surface area contributed by atoms with Gasteiger partial charge < -0.3 is 15.5 Å². The average molecular weight is 385 g/mol. The minimum Gasteiger partial charge on any atom is -0.348 e. The number of benzene rings is 1. The Morgan fingerprint density at radius 2 is 1.93 bits per heavy atom. The van der Waals surface area contributed by atoms with Crippen molar-refractivity contribution in [2.45, 2.75) is 24.6 Å². The zero-order chi connectivity index (χ0) is 20.3. The summed E-state index contributed by atoms with van der Waals surface area (Å²) in [6.45, 7) is 0.447. The molecule has 0 spiro atoms. The molecular weight excluding hydrogens is 359 g/mol. The van der Waals surface area contributed by atoms with E-state index in [0.29, 0.717) is 13.0 Å². The average Bonchev–Trinajstić information content (AvgIpc) is 3.14. The highest BCUT2D eigenvalue weighted by Crippen LogP contribution is 2.26. The predicted molar refractivity (Wildman–Crippen MR) is 104 cm³/mol. The number of carbonyl (C=O) groups is 2. The summed E-state index contributed by atoms with van der Waals surface area (Å²) in [4.78, 5) is 32.8. The summed E-state index contributed by atoms with van der Waals surface area (Å²) < 4.78 is 13.5. The van der Waals surface area contributed by atoms with Crippen molar-refractivity contribution in [3.63, 3.8) is 0 Å². The lowest BCUT2D eigenvalue weighted by molar-refractivity contribution is -0.409. The van der Waals surface area contributed by atoms with Crippen LogP contribution in [0.1, 0.15) is 17.9 Å². The lowest BCUT2D eigenvalue weighted by Crippen LogP contribution is -2.71. The molecule has 1 aliphatic rings. The van der Waals surface area contributed by atoms with Crippen LogP contribution >= 0.6 is 0 Å². The third-order valence-electron chi connectivity index (χ3n) is 5.13. The van der Waals surface area contributed by atoms with Gasteiger partial charge in [0.2, 0.25) is 5.91 Å². The Morgan fingerprint density at radius 1 is 1.21 bits per heavy atom. The first-order valence-electron chi connectivity index (χ1n) is 9.36. The molecule has 0 aliphatic carbocycles. The number of rotatable bonds is 5. The molecule has 7 heteroatoms. The van der Waals surface area contributed by atoms with Crippen LogP contribution in [0, 0.1) is 0 Å². The molecule has 2 aromatic rings. The molecule has 3 N–H and O–H groups in total. The molecule has 0 radical (unpaired) electrons. The summed E-state index contributed by atoms with van der Waals surface area (Å²) >= 11 is 0. The lowest BCUT2D eigenvalue weighted by atomic mass is 9.88. The SMILES string of the molecule is CN(C)C(=O)[C@@H](c1ccc(-c2cccnc2)cc1)[C@H]([NH3+])C(=O)N1CC[C@H](F)C1. The van der Waals surface area contributed by atoms with Crippen molar-refractivity contribution < 1.29 is 19.7 Å². The molecule has 6 nitrogen and oxygen atoms in total. The molecule has 28 heavy (non-hydrogen) atoms. The second-order valence-corrected chi connectivity index (χ2v) is 7.35. The normalized spacial score (nSPS) is 18.6. The highest BCUT2D eigenvalue weighted by molar-refractivity contribution is 5.92. The molecule has 1 aromatic carbocycles. The molecule has 2 amide bonds. The molecule has 148 valence electrons. The summed E-state index contributed by atoms with van der Waals surface area (Å²) in [7, 11) is 3.31. The molecular formula is C21H26FN4O2+. The Morgan fingerprint density at radius 3 is 2.46 bits per heavy atom. The van der Waals surface area contributed by atoms with E-state index in [4.69, 9.17) is 0 Å². The van der Waals surface area contributed by atoms with Crippen LogP contribution in [0.25, 0.3) is 11.1 Å². The fraction of sp³-hybridized carbons (Fsp3) is 0.381. The molecule has 1 aromatic heterocycles. The third-order valence-corrected chi connectivity index (χ3v) is 5.13. The summed E-state index contributed by atoms with van der Waals surface area (Å²) in [5.41, 5.74) is 6.66. The maximum absolute atomic E-state index is 13.5. The molecule has 2 heterocycles. The van der Waals surface area contributed by atoms with E-state index in [0.717, 1.165) is 16.7 Å². The van der Waals surface area contributed by atoms with E-state index in [1.807, 2.05) is 36.4 Å². The fourth-order valence-electron chi connectivity index (χ4n) is 3.54. The number of carbonyl (C=O) groups excluding carboxylic acids is 2. The minimum atomic E-state index is -1.00. The summed E-state index contributed by atoms with van der Waals surface area (Å²) in [5, 5.41) is 0. The van der Waals surface area contributed by atoms with Crippen molar-refractivity contribution >= 4 is 11.8 Å². The van der Waals surface area contributed by atoms with Crippen LogP contribution < -0.4 is 5.73 Å². The van der Waals surface area contributed by atoms with Gasteiger partial charge in [-0.1, -0.05) is 30.3 Å². The van der Waals surface area contributed by atoms with Gasteiger partial charge in [-0.2, -0.15) is 0 Å². The van der Waals surface area contributed by atoms with Crippen LogP contribution in [0.5, 0.6) is 0 Å². The molecule has 1 fully saturated rings. The predicted octanol–water partition coefficient (Wildman–Crippen LogP) is 1.10. The van der Waals surface area contributed by atoms with Gasteiger partial charge in [0.05, 0.1) is 6.54 Å². The van der Waals surface area contributed by atoms with Gasteiger partial charge in [-0.15, -0.1) is 0 Å². The number of likely N-dealkylation sites (N-methyl/N-ethyl adjacent to an activating group) is 1. The number of hydrogen-bond acceptors (Lipinski definition) is 3. The lowest BCUT2D eigenvalue weighted by Gasteiger charge is -2.26. The molecule has 3 rings (SSSR count). The van der Waals surface area contributed by atoms with E-state index in [-0.39, 0.29) is 18.4 Å². The van der Waals surface area contributed by atoms with Crippen molar-refractivity contribution in [3.8, 4) is 11.1 Å². The molecule has 0 bridgehead atoms. The minimum absolute atomic E-state index is 0.0771. The molecule has 1 aliphatic heterocycles. The van der Waals surface area contributed by atoms with E-state index in [1.165, 1.54) is 9.80 Å². The Bertz CT molecular complexity index is 826. The van der Waals surface area contributed by atoms with Crippen molar-refractivity contribution in [1.82, 2.24) is 14.8 Å². The summed E-state index contributed by atoms with van der Waals surface area (Å²) in [6, 6.07) is 10.5. The van der Waals surface area contributed by atoms with E-state index in [1.54, 1.807) is 26.5 Å².